The van der Waals surface area contributed by atoms with Crippen LogP contribution in [0.25, 0.3) is 0 Å². The van der Waals surface area contributed by atoms with E-state index >= 15 is 0 Å². The molecule has 0 saturated carbocycles. The maximum atomic E-state index is 12.1. The van der Waals surface area contributed by atoms with Crippen LogP contribution in [0.2, 0.25) is 0 Å². The van der Waals surface area contributed by atoms with Gasteiger partial charge in [0, 0.05) is 26.9 Å². The van der Waals surface area contributed by atoms with Gasteiger partial charge in [-0.25, -0.2) is 4.79 Å². The number of anilines is 2. The Bertz CT molecular complexity index is 911. The molecule has 3 heterocycles. The molecule has 9 nitrogen and oxygen atoms in total. The summed E-state index contributed by atoms with van der Waals surface area (Å²) in [6.07, 6.45) is 5.55. The van der Waals surface area contributed by atoms with E-state index in [2.05, 4.69) is 10.4 Å². The highest BCUT2D eigenvalue weighted by Crippen LogP contribution is 2.18. The van der Waals surface area contributed by atoms with E-state index in [1.165, 1.54) is 18.7 Å². The summed E-state index contributed by atoms with van der Waals surface area (Å²) in [5, 5.41) is 16.4. The minimum atomic E-state index is -0.630. The van der Waals surface area contributed by atoms with Gasteiger partial charge >= 0.3 is 5.69 Å². The summed E-state index contributed by atoms with van der Waals surface area (Å²) in [6, 6.07) is 1.86. The van der Waals surface area contributed by atoms with Crippen LogP contribution in [-0.4, -0.2) is 31.6 Å². The summed E-state index contributed by atoms with van der Waals surface area (Å²) in [4.78, 5) is 24.1. The first-order valence-electron chi connectivity index (χ1n) is 7.62. The molecule has 0 unspecified atom stereocenters. The summed E-state index contributed by atoms with van der Waals surface area (Å²) >= 11 is 0. The van der Waals surface area contributed by atoms with Gasteiger partial charge in [-0.3, -0.25) is 18.6 Å². The van der Waals surface area contributed by atoms with Gasteiger partial charge in [0.25, 0.3) is 5.56 Å². The fourth-order valence-corrected chi connectivity index (χ4v) is 2.75. The maximum absolute atomic E-state index is 12.1. The largest absolute Gasteiger partial charge is 0.376 e. The second kappa shape index (κ2) is 6.33. The minimum Gasteiger partial charge on any atom is -0.376 e. The normalized spacial score (nSPS) is 17.0. The van der Waals surface area contributed by atoms with E-state index < -0.39 is 11.2 Å². The molecule has 1 aliphatic heterocycles. The Balaban J connectivity index is 1.89. The van der Waals surface area contributed by atoms with Gasteiger partial charge in [0.05, 0.1) is 24.5 Å². The van der Waals surface area contributed by atoms with Gasteiger partial charge in [-0.2, -0.15) is 10.4 Å². The number of rotatable bonds is 4. The molecular formula is C15H18N6O3. The van der Waals surface area contributed by atoms with Gasteiger partial charge in [0.15, 0.2) is 5.56 Å². The molecule has 0 spiro atoms. The number of ether oxygens (including phenoxy) is 1. The first kappa shape index (κ1) is 16.0. The monoisotopic (exact) mass is 330 g/mol. The highest BCUT2D eigenvalue weighted by molar-refractivity contribution is 5.61. The van der Waals surface area contributed by atoms with E-state index in [1.54, 1.807) is 17.1 Å². The molecule has 0 aliphatic carbocycles. The average Bonchev–Trinajstić information content (AvgIpc) is 3.23. The van der Waals surface area contributed by atoms with Gasteiger partial charge in [-0.05, 0) is 12.8 Å². The smallest absolute Gasteiger partial charge is 0.332 e. The van der Waals surface area contributed by atoms with Gasteiger partial charge in [-0.15, -0.1) is 0 Å². The SMILES string of the molecule is Cn1c(Nc2cnn(C[C@H]3CCCO3)c2)c(C#N)c(=O)n(C)c1=O. The molecule has 1 fully saturated rings. The van der Waals surface area contributed by atoms with Crippen molar-refractivity contribution in [3.05, 3.63) is 38.8 Å². The molecule has 0 aromatic carbocycles. The van der Waals surface area contributed by atoms with E-state index in [4.69, 9.17) is 4.74 Å². The highest BCUT2D eigenvalue weighted by atomic mass is 16.5. The molecule has 2 aromatic heterocycles. The van der Waals surface area contributed by atoms with Crippen LogP contribution < -0.4 is 16.6 Å². The summed E-state index contributed by atoms with van der Waals surface area (Å²) < 4.78 is 9.45. The maximum Gasteiger partial charge on any atom is 0.332 e. The Hall–Kier alpha value is -2.86. The molecule has 3 rings (SSSR count). The predicted molar refractivity (Wildman–Crippen MR) is 86.1 cm³/mol. The third kappa shape index (κ3) is 2.83. The van der Waals surface area contributed by atoms with Crippen molar-refractivity contribution in [2.45, 2.75) is 25.5 Å². The van der Waals surface area contributed by atoms with Crippen LogP contribution in [-0.2, 0) is 25.4 Å². The van der Waals surface area contributed by atoms with E-state index in [0.29, 0.717) is 12.2 Å². The second-order valence-electron chi connectivity index (χ2n) is 5.75. The molecule has 24 heavy (non-hydrogen) atoms. The number of aromatic nitrogens is 4. The van der Waals surface area contributed by atoms with Gasteiger partial charge in [0.1, 0.15) is 11.9 Å². The molecule has 2 aromatic rings. The molecule has 126 valence electrons. The van der Waals surface area contributed by atoms with E-state index in [1.807, 2.05) is 6.07 Å². The molecular weight excluding hydrogens is 312 g/mol. The number of nitriles is 1. The van der Waals surface area contributed by atoms with Crippen LogP contribution in [0.5, 0.6) is 0 Å². The highest BCUT2D eigenvalue weighted by Gasteiger charge is 2.18. The van der Waals surface area contributed by atoms with E-state index in [9.17, 15) is 14.9 Å². The molecule has 1 saturated heterocycles. The molecule has 9 heteroatoms. The zero-order chi connectivity index (χ0) is 17.3. The van der Waals surface area contributed by atoms with Crippen molar-refractivity contribution in [2.24, 2.45) is 14.1 Å². The molecule has 0 radical (unpaired) electrons. The Morgan fingerprint density at radius 1 is 1.42 bits per heavy atom. The van der Waals surface area contributed by atoms with Crippen molar-refractivity contribution in [2.75, 3.05) is 11.9 Å². The molecule has 1 atom stereocenters. The van der Waals surface area contributed by atoms with E-state index in [0.717, 1.165) is 24.0 Å². The van der Waals surface area contributed by atoms with Crippen LogP contribution in [0.15, 0.2) is 22.0 Å². The molecule has 1 aliphatic rings. The standard InChI is InChI=1S/C15H18N6O3/c1-19-13(12(6-16)14(22)20(2)15(19)23)18-10-7-17-21(8-10)9-11-4-3-5-24-11/h7-8,11,18H,3-5,9H2,1-2H3/t11-/m1/s1. The Morgan fingerprint density at radius 2 is 2.21 bits per heavy atom. The number of hydrogen-bond donors (Lipinski definition) is 1. The Kier molecular flexibility index (Phi) is 4.22. The van der Waals surface area contributed by atoms with Crippen LogP contribution in [0.3, 0.4) is 0 Å². The zero-order valence-electron chi connectivity index (χ0n) is 13.5. The fraction of sp³-hybridized carbons (Fsp3) is 0.467. The minimum absolute atomic E-state index is 0.119. The lowest BCUT2D eigenvalue weighted by molar-refractivity contribution is 0.0940. The lowest BCUT2D eigenvalue weighted by Gasteiger charge is -2.12. The van der Waals surface area contributed by atoms with Crippen LogP contribution in [0.1, 0.15) is 18.4 Å². The summed E-state index contributed by atoms with van der Waals surface area (Å²) in [5.41, 5.74) is -0.665. The summed E-state index contributed by atoms with van der Waals surface area (Å²) in [7, 11) is 2.84. The number of nitrogens with one attached hydrogen (secondary N) is 1. The van der Waals surface area contributed by atoms with Crippen molar-refractivity contribution in [3.63, 3.8) is 0 Å². The average molecular weight is 330 g/mol. The predicted octanol–water partition coefficient (Wildman–Crippen LogP) is 0.0748. The van der Waals surface area contributed by atoms with Crippen LogP contribution >= 0.6 is 0 Å². The van der Waals surface area contributed by atoms with Crippen molar-refractivity contribution in [3.8, 4) is 6.07 Å². The Labute approximate surface area is 137 Å². The summed E-state index contributed by atoms with van der Waals surface area (Å²) in [5.74, 6) is 0.155. The number of nitrogens with zero attached hydrogens (tertiary/aromatic N) is 5. The van der Waals surface area contributed by atoms with Crippen LogP contribution in [0.4, 0.5) is 11.5 Å². The molecule has 0 bridgehead atoms. The second-order valence-corrected chi connectivity index (χ2v) is 5.75. The zero-order valence-corrected chi connectivity index (χ0v) is 13.5. The first-order valence-corrected chi connectivity index (χ1v) is 7.62. The fourth-order valence-electron chi connectivity index (χ4n) is 2.75. The third-order valence-electron chi connectivity index (χ3n) is 4.09. The first-order chi connectivity index (χ1) is 11.5. The molecule has 1 N–H and O–H groups in total. The van der Waals surface area contributed by atoms with Crippen molar-refractivity contribution >= 4 is 11.5 Å². The quantitative estimate of drug-likeness (QED) is 0.850. The molecule has 0 amide bonds. The van der Waals surface area contributed by atoms with E-state index in [-0.39, 0.29) is 17.5 Å². The van der Waals surface area contributed by atoms with Gasteiger partial charge < -0.3 is 10.1 Å². The summed E-state index contributed by atoms with van der Waals surface area (Å²) in [6.45, 7) is 1.42. The van der Waals surface area contributed by atoms with Gasteiger partial charge in [-0.1, -0.05) is 0 Å². The lowest BCUT2D eigenvalue weighted by atomic mass is 10.2. The van der Waals surface area contributed by atoms with Crippen molar-refractivity contribution in [1.82, 2.24) is 18.9 Å². The van der Waals surface area contributed by atoms with Crippen molar-refractivity contribution < 1.29 is 4.74 Å². The number of hydrogen-bond acceptors (Lipinski definition) is 6. The van der Waals surface area contributed by atoms with Crippen LogP contribution in [0, 0.1) is 11.3 Å². The van der Waals surface area contributed by atoms with Crippen molar-refractivity contribution in [1.29, 1.82) is 5.26 Å². The van der Waals surface area contributed by atoms with Gasteiger partial charge in [0.2, 0.25) is 0 Å². The Morgan fingerprint density at radius 3 is 2.88 bits per heavy atom. The topological polar surface area (TPSA) is 107 Å². The lowest BCUT2D eigenvalue weighted by Crippen LogP contribution is -2.39. The third-order valence-corrected chi connectivity index (χ3v) is 4.09.